The van der Waals surface area contributed by atoms with Gasteiger partial charge in [0, 0.05) is 39.9 Å². The van der Waals surface area contributed by atoms with Crippen molar-refractivity contribution in [2.45, 2.75) is 71.1 Å². The van der Waals surface area contributed by atoms with Gasteiger partial charge >= 0.3 is 0 Å². The van der Waals surface area contributed by atoms with Gasteiger partial charge in [0.25, 0.3) is 10.1 Å². The lowest BCUT2D eigenvalue weighted by Crippen LogP contribution is -2.49. The molecule has 2 aromatic carbocycles. The number of hydrogen-bond donors (Lipinski definition) is 2. The average molecular weight is 658 g/mol. The molecule has 0 fully saturated rings. The van der Waals surface area contributed by atoms with Crippen LogP contribution in [0.1, 0.15) is 53.4 Å². The molecule has 45 heavy (non-hydrogen) atoms. The Labute approximate surface area is 266 Å². The standard InChI is InChI=1S/C19H29NO7S.C13H18O3.FH/c1-14(21)16(12-18(22)20-19(2,3)13-28(23,24)25)17(26-4)10-11-27-15-8-6-5-7-9-15;1-11(14)10-13(15-2)8-9-16-12-6-4-3-5-7-12;/h5-9,16-17H,10-13H2,1-4H3,(H,20,22)(H,23,24,25);3-7,13H,8-10H2,1-2H3;1H. The Morgan fingerprint density at radius 2 is 1.31 bits per heavy atom. The molecule has 0 aliphatic rings. The van der Waals surface area contributed by atoms with E-state index in [-0.39, 0.29) is 28.8 Å². The van der Waals surface area contributed by atoms with E-state index in [1.165, 1.54) is 27.9 Å². The molecule has 1 amide bonds. The highest BCUT2D eigenvalue weighted by Gasteiger charge is 2.32. The van der Waals surface area contributed by atoms with E-state index < -0.39 is 39.3 Å². The number of methoxy groups -OCH3 is 2. The number of carbonyl (C=O) groups is 3. The molecule has 0 heterocycles. The summed E-state index contributed by atoms with van der Waals surface area (Å²) in [7, 11) is -1.17. The van der Waals surface area contributed by atoms with Crippen molar-refractivity contribution in [3.63, 3.8) is 0 Å². The van der Waals surface area contributed by atoms with Gasteiger partial charge in [-0.3, -0.25) is 23.6 Å². The van der Waals surface area contributed by atoms with Gasteiger partial charge < -0.3 is 24.3 Å². The van der Waals surface area contributed by atoms with Crippen LogP contribution in [0.5, 0.6) is 11.5 Å². The fourth-order valence-electron chi connectivity index (χ4n) is 4.40. The fraction of sp³-hybridized carbons (Fsp3) is 0.531. The van der Waals surface area contributed by atoms with Crippen molar-refractivity contribution in [1.29, 1.82) is 0 Å². The highest BCUT2D eigenvalue weighted by molar-refractivity contribution is 7.85. The molecule has 11 nitrogen and oxygen atoms in total. The van der Waals surface area contributed by atoms with Crippen molar-refractivity contribution in [2.24, 2.45) is 5.92 Å². The zero-order valence-electron chi connectivity index (χ0n) is 26.9. The summed E-state index contributed by atoms with van der Waals surface area (Å²) in [5.74, 6) is -0.358. The van der Waals surface area contributed by atoms with Crippen molar-refractivity contribution in [2.75, 3.05) is 33.2 Å². The van der Waals surface area contributed by atoms with Gasteiger partial charge in [0.15, 0.2) is 0 Å². The lowest BCUT2D eigenvalue weighted by molar-refractivity contribution is -0.133. The van der Waals surface area contributed by atoms with Crippen LogP contribution in [0.2, 0.25) is 0 Å². The number of halogens is 1. The lowest BCUT2D eigenvalue weighted by atomic mass is 9.91. The zero-order chi connectivity index (χ0) is 33.2. The number of nitrogens with one attached hydrogen (secondary N) is 1. The van der Waals surface area contributed by atoms with Gasteiger partial charge in [-0.25, -0.2) is 0 Å². The number of hydrogen-bond acceptors (Lipinski definition) is 9. The smallest absolute Gasteiger partial charge is 0.267 e. The van der Waals surface area contributed by atoms with Crippen LogP contribution in [-0.2, 0) is 34.0 Å². The maximum absolute atomic E-state index is 12.3. The molecule has 3 atom stereocenters. The number of para-hydroxylation sites is 2. The Morgan fingerprint density at radius 3 is 1.71 bits per heavy atom. The van der Waals surface area contributed by atoms with Crippen LogP contribution in [-0.4, -0.2) is 81.4 Å². The fourth-order valence-corrected chi connectivity index (χ4v) is 5.38. The normalized spacial score (nSPS) is 13.1. The van der Waals surface area contributed by atoms with E-state index in [1.54, 1.807) is 14.0 Å². The van der Waals surface area contributed by atoms with E-state index in [1.807, 2.05) is 60.7 Å². The van der Waals surface area contributed by atoms with E-state index in [4.69, 9.17) is 23.5 Å². The molecule has 254 valence electrons. The van der Waals surface area contributed by atoms with Crippen molar-refractivity contribution in [3.8, 4) is 11.5 Å². The summed E-state index contributed by atoms with van der Waals surface area (Å²) < 4.78 is 52.9. The highest BCUT2D eigenvalue weighted by Crippen LogP contribution is 2.19. The maximum Gasteiger partial charge on any atom is 0.267 e. The van der Waals surface area contributed by atoms with Crippen molar-refractivity contribution < 1.29 is 51.0 Å². The van der Waals surface area contributed by atoms with Crippen molar-refractivity contribution >= 4 is 27.6 Å². The molecule has 0 saturated heterocycles. The number of ketones is 2. The van der Waals surface area contributed by atoms with Crippen LogP contribution in [0.25, 0.3) is 0 Å². The highest BCUT2D eigenvalue weighted by atomic mass is 32.2. The van der Waals surface area contributed by atoms with Crippen LogP contribution < -0.4 is 14.8 Å². The van der Waals surface area contributed by atoms with Crippen LogP contribution >= 0.6 is 0 Å². The first kappa shape index (κ1) is 41.6. The largest absolute Gasteiger partial charge is 0.493 e. The summed E-state index contributed by atoms with van der Waals surface area (Å²) in [5.41, 5.74) is -1.18. The molecule has 13 heteroatoms. The number of rotatable bonds is 19. The van der Waals surface area contributed by atoms with Gasteiger partial charge in [0.1, 0.15) is 23.1 Å². The third-order valence-corrected chi connectivity index (χ3v) is 7.50. The minimum absolute atomic E-state index is 0. The second kappa shape index (κ2) is 21.4. The molecule has 3 unspecified atom stereocenters. The molecule has 2 N–H and O–H groups in total. The first-order valence-corrected chi connectivity index (χ1v) is 15.9. The Bertz CT molecular complexity index is 1240. The summed E-state index contributed by atoms with van der Waals surface area (Å²) in [6.45, 7) is 6.78. The molecule has 0 spiro atoms. The third-order valence-electron chi connectivity index (χ3n) is 6.41. The van der Waals surface area contributed by atoms with Crippen LogP contribution in [0.3, 0.4) is 0 Å². The quantitative estimate of drug-likeness (QED) is 0.207. The Balaban J connectivity index is 0.000000967. The predicted octanol–water partition coefficient (Wildman–Crippen LogP) is 4.45. The first-order valence-electron chi connectivity index (χ1n) is 14.3. The van der Waals surface area contributed by atoms with Crippen LogP contribution in [0.4, 0.5) is 4.70 Å². The summed E-state index contributed by atoms with van der Waals surface area (Å²) in [6, 6.07) is 18.8. The molecule has 0 aromatic heterocycles. The number of Topliss-reactive ketones (excluding diaryl/α,β-unsaturated/α-hetero) is 2. The first-order chi connectivity index (χ1) is 20.7. The molecule has 2 rings (SSSR count). The minimum atomic E-state index is -4.25. The molecule has 0 radical (unpaired) electrons. The van der Waals surface area contributed by atoms with Crippen LogP contribution in [0.15, 0.2) is 60.7 Å². The molecular formula is C32H48FNO10S. The van der Waals surface area contributed by atoms with Crippen LogP contribution in [0, 0.1) is 5.92 Å². The zero-order valence-corrected chi connectivity index (χ0v) is 27.7. The van der Waals surface area contributed by atoms with Gasteiger partial charge in [-0.1, -0.05) is 36.4 Å². The topological polar surface area (TPSA) is 155 Å². The summed E-state index contributed by atoms with van der Waals surface area (Å²) in [6.07, 6.45) is 0.850. The number of ether oxygens (including phenoxy) is 4. The van der Waals surface area contributed by atoms with Gasteiger partial charge in [-0.15, -0.1) is 0 Å². The number of amides is 1. The monoisotopic (exact) mass is 657 g/mol. The minimum Gasteiger partial charge on any atom is -0.493 e. The van der Waals surface area contributed by atoms with Crippen molar-refractivity contribution in [1.82, 2.24) is 5.32 Å². The molecule has 2 aromatic rings. The van der Waals surface area contributed by atoms with E-state index in [9.17, 15) is 22.8 Å². The summed E-state index contributed by atoms with van der Waals surface area (Å²) in [4.78, 5) is 35.3. The number of carbonyl (C=O) groups excluding carboxylic acids is 3. The average Bonchev–Trinajstić information content (AvgIpc) is 2.93. The van der Waals surface area contributed by atoms with E-state index >= 15 is 0 Å². The Kier molecular flexibility index (Phi) is 19.8. The maximum atomic E-state index is 12.3. The molecule has 0 aliphatic heterocycles. The number of benzene rings is 2. The molecular weight excluding hydrogens is 609 g/mol. The molecule has 0 bridgehead atoms. The van der Waals surface area contributed by atoms with Gasteiger partial charge in [-0.05, 0) is 52.0 Å². The third kappa shape index (κ3) is 19.6. The van der Waals surface area contributed by atoms with E-state index in [2.05, 4.69) is 5.32 Å². The molecule has 0 aliphatic carbocycles. The summed E-state index contributed by atoms with van der Waals surface area (Å²) in [5, 5.41) is 2.54. The SMILES string of the molecule is COC(CCOc1ccccc1)C(CC(=O)NC(C)(C)CS(=O)(=O)O)C(C)=O.COC(CCOc1ccccc1)CC(C)=O.F. The van der Waals surface area contributed by atoms with Gasteiger partial charge in [-0.2, -0.15) is 8.42 Å². The van der Waals surface area contributed by atoms with E-state index in [0.717, 1.165) is 12.2 Å². The molecule has 0 saturated carbocycles. The second-order valence-corrected chi connectivity index (χ2v) is 12.5. The Hall–Kier alpha value is -3.39. The van der Waals surface area contributed by atoms with Crippen molar-refractivity contribution in [3.05, 3.63) is 60.7 Å². The van der Waals surface area contributed by atoms with Gasteiger partial charge in [0.2, 0.25) is 5.91 Å². The summed E-state index contributed by atoms with van der Waals surface area (Å²) >= 11 is 0. The van der Waals surface area contributed by atoms with Gasteiger partial charge in [0.05, 0.1) is 42.6 Å². The second-order valence-electron chi connectivity index (χ2n) is 11.0. The van der Waals surface area contributed by atoms with E-state index in [0.29, 0.717) is 31.8 Å². The Morgan fingerprint density at radius 1 is 0.822 bits per heavy atom. The predicted molar refractivity (Wildman–Crippen MR) is 170 cm³/mol. The lowest BCUT2D eigenvalue weighted by Gasteiger charge is -2.28.